The van der Waals surface area contributed by atoms with Crippen LogP contribution in [0.2, 0.25) is 0 Å². The molecule has 1 fully saturated rings. The highest BCUT2D eigenvalue weighted by atomic mass is 32.1. The van der Waals surface area contributed by atoms with Gasteiger partial charge in [0.15, 0.2) is 5.11 Å². The zero-order valence-electron chi connectivity index (χ0n) is 17.1. The highest BCUT2D eigenvalue weighted by molar-refractivity contribution is 7.80. The quantitative estimate of drug-likeness (QED) is 0.383. The Bertz CT molecular complexity index is 1270. The SMILES string of the molecule is Cc1cc(N2C(=S)N[C@H](c3ccccn3)[C@H]2c2ccc(-c3ccc(F)cc3)o2)ccc1F. The molecule has 1 saturated heterocycles. The highest BCUT2D eigenvalue weighted by Crippen LogP contribution is 2.43. The minimum absolute atomic E-state index is 0.277. The molecule has 1 aliphatic rings. The average Bonchev–Trinajstić information content (AvgIpc) is 3.41. The molecule has 0 bridgehead atoms. The maximum absolute atomic E-state index is 13.9. The third kappa shape index (κ3) is 3.65. The van der Waals surface area contributed by atoms with E-state index in [-0.39, 0.29) is 23.7 Å². The molecule has 0 saturated carbocycles. The molecule has 160 valence electrons. The van der Waals surface area contributed by atoms with Crippen molar-refractivity contribution in [1.82, 2.24) is 10.3 Å². The van der Waals surface area contributed by atoms with Gasteiger partial charge in [-0.25, -0.2) is 8.78 Å². The van der Waals surface area contributed by atoms with Gasteiger partial charge in [0.2, 0.25) is 0 Å². The van der Waals surface area contributed by atoms with Crippen molar-refractivity contribution in [3.8, 4) is 11.3 Å². The van der Waals surface area contributed by atoms with Crippen molar-refractivity contribution >= 4 is 23.0 Å². The number of nitrogens with zero attached hydrogens (tertiary/aromatic N) is 2. The summed E-state index contributed by atoms with van der Waals surface area (Å²) in [5, 5.41) is 3.85. The molecule has 0 aliphatic carbocycles. The lowest BCUT2D eigenvalue weighted by molar-refractivity contribution is 0.439. The topological polar surface area (TPSA) is 41.3 Å². The number of benzene rings is 2. The van der Waals surface area contributed by atoms with Crippen LogP contribution in [-0.2, 0) is 0 Å². The Morgan fingerprint density at radius 3 is 2.53 bits per heavy atom. The van der Waals surface area contributed by atoms with E-state index >= 15 is 0 Å². The summed E-state index contributed by atoms with van der Waals surface area (Å²) in [6, 6.07) is 19.9. The minimum Gasteiger partial charge on any atom is -0.459 e. The van der Waals surface area contributed by atoms with Crippen LogP contribution < -0.4 is 10.2 Å². The lowest BCUT2D eigenvalue weighted by Gasteiger charge is -2.26. The first-order valence-corrected chi connectivity index (χ1v) is 10.5. The third-order valence-corrected chi connectivity index (χ3v) is 5.88. The maximum atomic E-state index is 13.9. The number of aryl methyl sites for hydroxylation is 1. The van der Waals surface area contributed by atoms with E-state index in [4.69, 9.17) is 16.6 Å². The van der Waals surface area contributed by atoms with Crippen molar-refractivity contribution in [2.24, 2.45) is 0 Å². The second kappa shape index (κ2) is 8.16. The number of anilines is 1. The Kier molecular flexibility index (Phi) is 5.19. The van der Waals surface area contributed by atoms with Crippen molar-refractivity contribution in [2.45, 2.75) is 19.0 Å². The fourth-order valence-electron chi connectivity index (χ4n) is 3.98. The zero-order valence-corrected chi connectivity index (χ0v) is 17.9. The van der Waals surface area contributed by atoms with Gasteiger partial charge in [-0.15, -0.1) is 0 Å². The van der Waals surface area contributed by atoms with Crippen LogP contribution in [0.4, 0.5) is 14.5 Å². The van der Waals surface area contributed by atoms with Crippen LogP contribution in [0.5, 0.6) is 0 Å². The number of hydrogen-bond acceptors (Lipinski definition) is 3. The van der Waals surface area contributed by atoms with E-state index in [9.17, 15) is 8.78 Å². The summed E-state index contributed by atoms with van der Waals surface area (Å²) in [6.07, 6.45) is 1.73. The second-order valence-electron chi connectivity index (χ2n) is 7.64. The maximum Gasteiger partial charge on any atom is 0.174 e. The van der Waals surface area contributed by atoms with Crippen LogP contribution in [0, 0.1) is 18.6 Å². The number of pyridine rings is 1. The monoisotopic (exact) mass is 447 g/mol. The fraction of sp³-hybridized carbons (Fsp3) is 0.120. The number of furan rings is 1. The number of thiocarbonyl (C=S) groups is 1. The summed E-state index contributed by atoms with van der Waals surface area (Å²) in [4.78, 5) is 6.44. The molecule has 4 nitrogen and oxygen atoms in total. The molecule has 1 N–H and O–H groups in total. The Morgan fingerprint density at radius 2 is 1.81 bits per heavy atom. The smallest absolute Gasteiger partial charge is 0.174 e. The predicted molar refractivity (Wildman–Crippen MR) is 123 cm³/mol. The first kappa shape index (κ1) is 20.3. The largest absolute Gasteiger partial charge is 0.459 e. The number of hydrogen-bond donors (Lipinski definition) is 1. The van der Waals surface area contributed by atoms with Crippen molar-refractivity contribution in [3.05, 3.63) is 108 Å². The average molecular weight is 448 g/mol. The molecule has 2 atom stereocenters. The zero-order chi connectivity index (χ0) is 22.2. The molecular formula is C25H19F2N3OS. The van der Waals surface area contributed by atoms with Crippen LogP contribution in [-0.4, -0.2) is 10.1 Å². The molecule has 0 radical (unpaired) electrons. The molecule has 0 spiro atoms. The van der Waals surface area contributed by atoms with E-state index in [1.807, 2.05) is 35.2 Å². The van der Waals surface area contributed by atoms with E-state index in [1.165, 1.54) is 18.2 Å². The first-order chi connectivity index (χ1) is 15.5. The minimum atomic E-state index is -0.351. The molecule has 4 aromatic rings. The summed E-state index contributed by atoms with van der Waals surface area (Å²) in [5.41, 5.74) is 2.85. The van der Waals surface area contributed by atoms with Gasteiger partial charge >= 0.3 is 0 Å². The van der Waals surface area contributed by atoms with Gasteiger partial charge in [0.1, 0.15) is 29.2 Å². The highest BCUT2D eigenvalue weighted by Gasteiger charge is 2.42. The van der Waals surface area contributed by atoms with Gasteiger partial charge < -0.3 is 14.6 Å². The van der Waals surface area contributed by atoms with Gasteiger partial charge in [-0.05, 0) is 91.4 Å². The van der Waals surface area contributed by atoms with Crippen LogP contribution >= 0.6 is 12.2 Å². The van der Waals surface area contributed by atoms with Gasteiger partial charge in [-0.3, -0.25) is 4.98 Å². The number of halogens is 2. The van der Waals surface area contributed by atoms with Gasteiger partial charge in [0.25, 0.3) is 0 Å². The Hall–Kier alpha value is -3.58. The van der Waals surface area contributed by atoms with E-state index < -0.39 is 0 Å². The second-order valence-corrected chi connectivity index (χ2v) is 8.03. The predicted octanol–water partition coefficient (Wildman–Crippen LogP) is 6.11. The summed E-state index contributed by atoms with van der Waals surface area (Å²) in [5.74, 6) is 0.697. The van der Waals surface area contributed by atoms with Crippen molar-refractivity contribution in [1.29, 1.82) is 0 Å². The van der Waals surface area contributed by atoms with Gasteiger partial charge in [-0.2, -0.15) is 0 Å². The standard InChI is InChI=1S/C25H19F2N3OS/c1-15-14-18(9-10-19(15)27)30-24(23(29-25(30)32)20-4-2-3-13-28-20)22-12-11-21(31-22)16-5-7-17(26)8-6-16/h2-14,23-24H,1H3,(H,29,32)/t23-,24-/m1/s1. The Morgan fingerprint density at radius 1 is 1.00 bits per heavy atom. The molecule has 5 rings (SSSR count). The van der Waals surface area contributed by atoms with Crippen LogP contribution in [0.25, 0.3) is 11.3 Å². The molecule has 7 heteroatoms. The molecule has 3 heterocycles. The fourth-order valence-corrected chi connectivity index (χ4v) is 4.33. The van der Waals surface area contributed by atoms with E-state index in [2.05, 4.69) is 10.3 Å². The van der Waals surface area contributed by atoms with Crippen molar-refractivity contribution in [2.75, 3.05) is 4.90 Å². The van der Waals surface area contributed by atoms with Gasteiger partial charge in [-0.1, -0.05) is 6.07 Å². The van der Waals surface area contributed by atoms with E-state index in [0.717, 1.165) is 16.9 Å². The van der Waals surface area contributed by atoms with Crippen LogP contribution in [0.3, 0.4) is 0 Å². The Labute approximate surface area is 189 Å². The molecule has 2 aromatic carbocycles. The van der Waals surface area contributed by atoms with Gasteiger partial charge in [0.05, 0.1) is 11.7 Å². The summed E-state index contributed by atoms with van der Waals surface area (Å²) in [7, 11) is 0. The van der Waals surface area contributed by atoms with Crippen LogP contribution in [0.15, 0.2) is 83.4 Å². The lowest BCUT2D eigenvalue weighted by atomic mass is 10.0. The first-order valence-electron chi connectivity index (χ1n) is 10.1. The number of rotatable bonds is 4. The van der Waals surface area contributed by atoms with Gasteiger partial charge in [0, 0.05) is 17.4 Å². The normalized spacial score (nSPS) is 18.1. The van der Waals surface area contributed by atoms with Crippen molar-refractivity contribution in [3.63, 3.8) is 0 Å². The third-order valence-electron chi connectivity index (χ3n) is 5.56. The molecule has 0 unspecified atom stereocenters. The number of aromatic nitrogens is 1. The number of nitrogens with one attached hydrogen (secondary N) is 1. The molecule has 2 aromatic heterocycles. The lowest BCUT2D eigenvalue weighted by Crippen LogP contribution is -2.29. The molecule has 32 heavy (non-hydrogen) atoms. The summed E-state index contributed by atoms with van der Waals surface area (Å²) in [6.45, 7) is 1.72. The summed E-state index contributed by atoms with van der Waals surface area (Å²) < 4.78 is 33.5. The summed E-state index contributed by atoms with van der Waals surface area (Å²) >= 11 is 5.68. The van der Waals surface area contributed by atoms with E-state index in [0.29, 0.717) is 22.2 Å². The van der Waals surface area contributed by atoms with Crippen molar-refractivity contribution < 1.29 is 13.2 Å². The van der Waals surface area contributed by atoms with Crippen LogP contribution in [0.1, 0.15) is 29.1 Å². The van der Waals surface area contributed by atoms with E-state index in [1.54, 1.807) is 37.4 Å². The molecule has 1 aliphatic heterocycles. The molecule has 0 amide bonds. The molecular weight excluding hydrogens is 428 g/mol. The Balaban J connectivity index is 1.60.